The highest BCUT2D eigenvalue weighted by Gasteiger charge is 2.11. The Kier molecular flexibility index (Phi) is 3.43. The zero-order valence-corrected chi connectivity index (χ0v) is 11.9. The monoisotopic (exact) mass is 285 g/mol. The highest BCUT2D eigenvalue weighted by Crippen LogP contribution is 2.35. The molecule has 1 aromatic heterocycles. The van der Waals surface area contributed by atoms with E-state index in [2.05, 4.69) is 46.1 Å². The van der Waals surface area contributed by atoms with Gasteiger partial charge < -0.3 is 15.8 Å². The van der Waals surface area contributed by atoms with Gasteiger partial charge in [0.15, 0.2) is 16.6 Å². The standard InChI is InChI=1S/C15H15N3OS/c1-19-13-14(16)18-20-15(13)17-9-11-7-4-6-10-5-2-3-8-12(10)11/h2-8,17H,9H2,1H3,(H2,16,18). The summed E-state index contributed by atoms with van der Waals surface area (Å²) < 4.78 is 9.35. The number of anilines is 2. The topological polar surface area (TPSA) is 60.2 Å². The summed E-state index contributed by atoms with van der Waals surface area (Å²) in [7, 11) is 1.60. The number of aromatic nitrogens is 1. The van der Waals surface area contributed by atoms with Gasteiger partial charge in [-0.1, -0.05) is 42.5 Å². The van der Waals surface area contributed by atoms with Crippen LogP contribution >= 0.6 is 11.5 Å². The first-order chi connectivity index (χ1) is 9.79. The first kappa shape index (κ1) is 12.7. The molecule has 0 saturated carbocycles. The molecule has 0 amide bonds. The molecular formula is C15H15N3OS. The normalized spacial score (nSPS) is 10.7. The van der Waals surface area contributed by atoms with Crippen molar-refractivity contribution >= 4 is 33.1 Å². The van der Waals surface area contributed by atoms with Gasteiger partial charge in [-0.25, -0.2) is 0 Å². The molecule has 5 heteroatoms. The van der Waals surface area contributed by atoms with Crippen molar-refractivity contribution in [1.29, 1.82) is 0 Å². The van der Waals surface area contributed by atoms with Gasteiger partial charge in [0.05, 0.1) is 7.11 Å². The number of hydrogen-bond donors (Lipinski definition) is 2. The number of fused-ring (bicyclic) bond motifs is 1. The molecule has 20 heavy (non-hydrogen) atoms. The van der Waals surface area contributed by atoms with Crippen LogP contribution in [-0.4, -0.2) is 11.5 Å². The quantitative estimate of drug-likeness (QED) is 0.770. The van der Waals surface area contributed by atoms with E-state index in [0.29, 0.717) is 18.1 Å². The van der Waals surface area contributed by atoms with Crippen molar-refractivity contribution < 1.29 is 4.74 Å². The molecule has 0 bridgehead atoms. The van der Waals surface area contributed by atoms with Crippen molar-refractivity contribution in [3.63, 3.8) is 0 Å². The first-order valence-electron chi connectivity index (χ1n) is 6.29. The number of hydrogen-bond acceptors (Lipinski definition) is 5. The Morgan fingerprint density at radius 2 is 2.00 bits per heavy atom. The van der Waals surface area contributed by atoms with Gasteiger partial charge in [0, 0.05) is 6.54 Å². The number of methoxy groups -OCH3 is 1. The average molecular weight is 285 g/mol. The summed E-state index contributed by atoms with van der Waals surface area (Å²) in [5, 5.41) is 6.69. The third-order valence-corrected chi connectivity index (χ3v) is 4.00. The van der Waals surface area contributed by atoms with E-state index in [-0.39, 0.29) is 0 Å². The molecule has 0 spiro atoms. The predicted molar refractivity (Wildman–Crippen MR) is 84.4 cm³/mol. The second-order valence-corrected chi connectivity index (χ2v) is 5.20. The number of nitrogens with zero attached hydrogens (tertiary/aromatic N) is 1. The molecule has 0 radical (unpaired) electrons. The average Bonchev–Trinajstić information content (AvgIpc) is 2.85. The molecule has 3 aromatic rings. The molecule has 0 saturated heterocycles. The fourth-order valence-corrected chi connectivity index (χ4v) is 2.91. The van der Waals surface area contributed by atoms with Gasteiger partial charge in [0.2, 0.25) is 0 Å². The number of nitrogens with two attached hydrogens (primary N) is 1. The van der Waals surface area contributed by atoms with Gasteiger partial charge in [-0.2, -0.15) is 4.37 Å². The highest BCUT2D eigenvalue weighted by atomic mass is 32.1. The number of rotatable bonds is 4. The maximum Gasteiger partial charge on any atom is 0.197 e. The maximum absolute atomic E-state index is 5.75. The van der Waals surface area contributed by atoms with E-state index in [1.807, 2.05) is 6.07 Å². The molecule has 102 valence electrons. The second-order valence-electron chi connectivity index (χ2n) is 4.42. The maximum atomic E-state index is 5.75. The van der Waals surface area contributed by atoms with E-state index in [9.17, 15) is 0 Å². The van der Waals surface area contributed by atoms with Crippen molar-refractivity contribution in [2.45, 2.75) is 6.54 Å². The lowest BCUT2D eigenvalue weighted by Gasteiger charge is -2.09. The van der Waals surface area contributed by atoms with Crippen LogP contribution in [0.3, 0.4) is 0 Å². The summed E-state index contributed by atoms with van der Waals surface area (Å²) in [6, 6.07) is 14.6. The molecule has 2 aromatic carbocycles. The number of nitrogen functional groups attached to an aromatic ring is 1. The zero-order chi connectivity index (χ0) is 13.9. The van der Waals surface area contributed by atoms with Crippen LogP contribution in [0.25, 0.3) is 10.8 Å². The largest absolute Gasteiger partial charge is 0.490 e. The molecular weight excluding hydrogens is 270 g/mol. The molecule has 0 unspecified atom stereocenters. The Balaban J connectivity index is 1.87. The summed E-state index contributed by atoms with van der Waals surface area (Å²) in [5.74, 6) is 1.05. The lowest BCUT2D eigenvalue weighted by molar-refractivity contribution is 0.419. The van der Waals surface area contributed by atoms with Gasteiger partial charge in [-0.05, 0) is 27.9 Å². The molecule has 0 fully saturated rings. The van der Waals surface area contributed by atoms with Crippen LogP contribution in [0.2, 0.25) is 0 Å². The van der Waals surface area contributed by atoms with E-state index >= 15 is 0 Å². The van der Waals surface area contributed by atoms with Crippen LogP contribution in [0, 0.1) is 0 Å². The minimum absolute atomic E-state index is 0.429. The second kappa shape index (κ2) is 5.38. The summed E-state index contributed by atoms with van der Waals surface area (Å²) in [5.41, 5.74) is 6.98. The van der Waals surface area contributed by atoms with Gasteiger partial charge >= 0.3 is 0 Å². The van der Waals surface area contributed by atoms with Crippen molar-refractivity contribution in [3.8, 4) is 5.75 Å². The van der Waals surface area contributed by atoms with Gasteiger partial charge in [-0.3, -0.25) is 0 Å². The minimum atomic E-state index is 0.429. The van der Waals surface area contributed by atoms with Crippen molar-refractivity contribution in [1.82, 2.24) is 4.37 Å². The molecule has 0 atom stereocenters. The van der Waals surface area contributed by atoms with Crippen molar-refractivity contribution in [2.24, 2.45) is 0 Å². The summed E-state index contributed by atoms with van der Waals surface area (Å²) >= 11 is 1.31. The lowest BCUT2D eigenvalue weighted by Crippen LogP contribution is -2.00. The SMILES string of the molecule is COc1c(N)nsc1NCc1cccc2ccccc12. The summed E-state index contributed by atoms with van der Waals surface area (Å²) in [6.07, 6.45) is 0. The molecule has 0 aliphatic rings. The Morgan fingerprint density at radius 1 is 1.20 bits per heavy atom. The summed E-state index contributed by atoms with van der Waals surface area (Å²) in [6.45, 7) is 0.708. The molecule has 1 heterocycles. The predicted octanol–water partition coefficient (Wildman–Crippen LogP) is 3.50. The number of benzene rings is 2. The van der Waals surface area contributed by atoms with Crippen LogP contribution in [-0.2, 0) is 6.54 Å². The van der Waals surface area contributed by atoms with E-state index in [0.717, 1.165) is 5.00 Å². The molecule has 0 aliphatic carbocycles. The van der Waals surface area contributed by atoms with E-state index < -0.39 is 0 Å². The fourth-order valence-electron chi connectivity index (χ4n) is 2.23. The van der Waals surface area contributed by atoms with E-state index in [1.165, 1.54) is 27.9 Å². The van der Waals surface area contributed by atoms with E-state index in [1.54, 1.807) is 7.11 Å². The highest BCUT2D eigenvalue weighted by molar-refractivity contribution is 7.11. The number of ether oxygens (including phenoxy) is 1. The molecule has 3 rings (SSSR count). The zero-order valence-electron chi connectivity index (χ0n) is 11.1. The molecule has 3 N–H and O–H groups in total. The smallest absolute Gasteiger partial charge is 0.197 e. The van der Waals surface area contributed by atoms with Crippen LogP contribution in [0.5, 0.6) is 5.75 Å². The number of nitrogens with one attached hydrogen (secondary N) is 1. The van der Waals surface area contributed by atoms with Gasteiger partial charge in [0.25, 0.3) is 0 Å². The Morgan fingerprint density at radius 3 is 2.85 bits per heavy atom. The van der Waals surface area contributed by atoms with Crippen LogP contribution in [0.15, 0.2) is 42.5 Å². The third-order valence-electron chi connectivity index (χ3n) is 3.20. The fraction of sp³-hybridized carbons (Fsp3) is 0.133. The Hall–Kier alpha value is -2.27. The van der Waals surface area contributed by atoms with Crippen molar-refractivity contribution in [3.05, 3.63) is 48.0 Å². The van der Waals surface area contributed by atoms with Crippen LogP contribution in [0.1, 0.15) is 5.56 Å². The van der Waals surface area contributed by atoms with Crippen molar-refractivity contribution in [2.75, 3.05) is 18.2 Å². The third kappa shape index (κ3) is 2.28. The van der Waals surface area contributed by atoms with Crippen LogP contribution < -0.4 is 15.8 Å². The molecule has 4 nitrogen and oxygen atoms in total. The Labute approximate surface area is 121 Å². The van der Waals surface area contributed by atoms with E-state index in [4.69, 9.17) is 10.5 Å². The molecule has 0 aliphatic heterocycles. The summed E-state index contributed by atoms with van der Waals surface area (Å²) in [4.78, 5) is 0. The van der Waals surface area contributed by atoms with Gasteiger partial charge in [0.1, 0.15) is 0 Å². The minimum Gasteiger partial charge on any atom is -0.490 e. The first-order valence-corrected chi connectivity index (χ1v) is 7.06. The van der Waals surface area contributed by atoms with Gasteiger partial charge in [-0.15, -0.1) is 0 Å². The Bertz CT molecular complexity index is 734. The lowest BCUT2D eigenvalue weighted by atomic mass is 10.0. The van der Waals surface area contributed by atoms with Crippen LogP contribution in [0.4, 0.5) is 10.8 Å².